The van der Waals surface area contributed by atoms with E-state index in [2.05, 4.69) is 10.2 Å². The first kappa shape index (κ1) is 13.5. The minimum atomic E-state index is -0.404. The summed E-state index contributed by atoms with van der Waals surface area (Å²) in [5, 5.41) is 8.74. The standard InChI is InChI=1S/C12H13FN4OS/c1-2-17-11(8-3-5-9(13)6-4-8)15-16-12(17)19-7-10(14)18/h3-6H,2,7H2,1H3,(H2,14,18). The molecule has 0 fully saturated rings. The van der Waals surface area contributed by atoms with Crippen molar-refractivity contribution in [3.05, 3.63) is 30.1 Å². The average molecular weight is 280 g/mol. The Morgan fingerprint density at radius 3 is 2.63 bits per heavy atom. The van der Waals surface area contributed by atoms with E-state index in [1.54, 1.807) is 12.1 Å². The summed E-state index contributed by atoms with van der Waals surface area (Å²) in [6, 6.07) is 6.04. The number of aromatic nitrogens is 3. The number of rotatable bonds is 5. The number of carbonyl (C=O) groups is 1. The zero-order valence-electron chi connectivity index (χ0n) is 10.3. The summed E-state index contributed by atoms with van der Waals surface area (Å²) in [7, 11) is 0. The molecule has 1 heterocycles. The molecule has 0 atom stereocenters. The Kier molecular flexibility index (Phi) is 4.16. The van der Waals surface area contributed by atoms with E-state index in [0.717, 1.165) is 5.56 Å². The van der Waals surface area contributed by atoms with Gasteiger partial charge in [-0.15, -0.1) is 10.2 Å². The quantitative estimate of drug-likeness (QED) is 0.846. The molecule has 0 aliphatic carbocycles. The smallest absolute Gasteiger partial charge is 0.227 e. The molecule has 2 N–H and O–H groups in total. The van der Waals surface area contributed by atoms with Crippen molar-refractivity contribution in [3.8, 4) is 11.4 Å². The lowest BCUT2D eigenvalue weighted by Crippen LogP contribution is -2.13. The maximum Gasteiger partial charge on any atom is 0.227 e. The summed E-state index contributed by atoms with van der Waals surface area (Å²) in [5.41, 5.74) is 5.89. The van der Waals surface area contributed by atoms with Crippen LogP contribution >= 0.6 is 11.8 Å². The zero-order chi connectivity index (χ0) is 13.8. The van der Waals surface area contributed by atoms with E-state index in [0.29, 0.717) is 17.5 Å². The van der Waals surface area contributed by atoms with E-state index in [4.69, 9.17) is 5.73 Å². The largest absolute Gasteiger partial charge is 0.369 e. The number of benzene rings is 1. The highest BCUT2D eigenvalue weighted by molar-refractivity contribution is 7.99. The lowest BCUT2D eigenvalue weighted by atomic mass is 10.2. The van der Waals surface area contributed by atoms with Crippen molar-refractivity contribution >= 4 is 17.7 Å². The van der Waals surface area contributed by atoms with Gasteiger partial charge in [-0.1, -0.05) is 11.8 Å². The van der Waals surface area contributed by atoms with Gasteiger partial charge in [0.25, 0.3) is 0 Å². The minimum Gasteiger partial charge on any atom is -0.369 e. The van der Waals surface area contributed by atoms with Gasteiger partial charge in [0.15, 0.2) is 11.0 Å². The lowest BCUT2D eigenvalue weighted by Gasteiger charge is -2.06. The molecule has 0 aliphatic heterocycles. The van der Waals surface area contributed by atoms with Gasteiger partial charge in [-0.3, -0.25) is 4.79 Å². The lowest BCUT2D eigenvalue weighted by molar-refractivity contribution is -0.115. The Morgan fingerprint density at radius 1 is 1.37 bits per heavy atom. The molecule has 2 aromatic rings. The summed E-state index contributed by atoms with van der Waals surface area (Å²) in [5.74, 6) is 0.102. The molecule has 0 saturated heterocycles. The van der Waals surface area contributed by atoms with Crippen LogP contribution < -0.4 is 5.73 Å². The van der Waals surface area contributed by atoms with Crippen LogP contribution in [0.1, 0.15) is 6.92 Å². The SMILES string of the molecule is CCn1c(SCC(N)=O)nnc1-c1ccc(F)cc1. The predicted octanol–water partition coefficient (Wildman–Crippen LogP) is 1.68. The maximum atomic E-state index is 12.9. The molecule has 0 aliphatic rings. The molecule has 19 heavy (non-hydrogen) atoms. The van der Waals surface area contributed by atoms with Crippen molar-refractivity contribution in [1.29, 1.82) is 0 Å². The van der Waals surface area contributed by atoms with Crippen molar-refractivity contribution in [2.45, 2.75) is 18.6 Å². The number of primary amides is 1. The maximum absolute atomic E-state index is 12.9. The molecule has 1 aromatic carbocycles. The highest BCUT2D eigenvalue weighted by atomic mass is 32.2. The Bertz CT molecular complexity index is 582. The topological polar surface area (TPSA) is 73.8 Å². The third-order valence-electron chi connectivity index (χ3n) is 2.48. The molecule has 0 unspecified atom stereocenters. The number of hydrogen-bond acceptors (Lipinski definition) is 4. The number of nitrogens with two attached hydrogens (primary N) is 1. The Labute approximate surface area is 114 Å². The minimum absolute atomic E-state index is 0.154. The van der Waals surface area contributed by atoms with Crippen molar-refractivity contribution in [1.82, 2.24) is 14.8 Å². The first-order valence-corrected chi connectivity index (χ1v) is 6.70. The molecule has 2 rings (SSSR count). The monoisotopic (exact) mass is 280 g/mol. The second-order valence-corrected chi connectivity index (χ2v) is 4.75. The molecular weight excluding hydrogens is 267 g/mol. The van der Waals surface area contributed by atoms with Crippen LogP contribution in [0.4, 0.5) is 4.39 Å². The van der Waals surface area contributed by atoms with Gasteiger partial charge >= 0.3 is 0 Å². The van der Waals surface area contributed by atoms with E-state index < -0.39 is 5.91 Å². The second-order valence-electron chi connectivity index (χ2n) is 3.81. The summed E-state index contributed by atoms with van der Waals surface area (Å²) < 4.78 is 14.8. The van der Waals surface area contributed by atoms with E-state index >= 15 is 0 Å². The van der Waals surface area contributed by atoms with Crippen molar-refractivity contribution in [3.63, 3.8) is 0 Å². The van der Waals surface area contributed by atoms with Crippen molar-refractivity contribution in [2.24, 2.45) is 5.73 Å². The Morgan fingerprint density at radius 2 is 2.05 bits per heavy atom. The highest BCUT2D eigenvalue weighted by Crippen LogP contribution is 2.23. The van der Waals surface area contributed by atoms with Gasteiger partial charge in [0.05, 0.1) is 5.75 Å². The van der Waals surface area contributed by atoms with E-state index in [9.17, 15) is 9.18 Å². The molecule has 0 spiro atoms. The predicted molar refractivity (Wildman–Crippen MR) is 71.0 cm³/mol. The molecule has 1 aromatic heterocycles. The van der Waals surface area contributed by atoms with Gasteiger partial charge < -0.3 is 10.3 Å². The molecular formula is C12H13FN4OS. The number of carbonyl (C=O) groups excluding carboxylic acids is 1. The Balaban J connectivity index is 2.31. The molecule has 100 valence electrons. The molecule has 0 bridgehead atoms. The average Bonchev–Trinajstić information content (AvgIpc) is 2.80. The summed E-state index contributed by atoms with van der Waals surface area (Å²) >= 11 is 1.24. The van der Waals surface area contributed by atoms with Crippen LogP contribution in [0, 0.1) is 5.82 Å². The highest BCUT2D eigenvalue weighted by Gasteiger charge is 2.13. The number of nitrogens with zero attached hydrogens (tertiary/aromatic N) is 3. The van der Waals surface area contributed by atoms with Crippen LogP contribution in [0.15, 0.2) is 29.4 Å². The third-order valence-corrected chi connectivity index (χ3v) is 3.47. The van der Waals surface area contributed by atoms with E-state index in [1.165, 1.54) is 23.9 Å². The summed E-state index contributed by atoms with van der Waals surface area (Å²) in [4.78, 5) is 10.8. The van der Waals surface area contributed by atoms with Crippen LogP contribution in [0.25, 0.3) is 11.4 Å². The van der Waals surface area contributed by atoms with Gasteiger partial charge in [0.2, 0.25) is 5.91 Å². The molecule has 5 nitrogen and oxygen atoms in total. The zero-order valence-corrected chi connectivity index (χ0v) is 11.2. The molecule has 7 heteroatoms. The van der Waals surface area contributed by atoms with E-state index in [1.807, 2.05) is 11.5 Å². The number of amides is 1. The molecule has 0 saturated carbocycles. The number of hydrogen-bond donors (Lipinski definition) is 1. The van der Waals surface area contributed by atoms with Gasteiger partial charge in [-0.2, -0.15) is 0 Å². The van der Waals surface area contributed by atoms with Gasteiger partial charge in [-0.05, 0) is 31.2 Å². The van der Waals surface area contributed by atoms with Crippen LogP contribution in [0.2, 0.25) is 0 Å². The van der Waals surface area contributed by atoms with Crippen molar-refractivity contribution in [2.75, 3.05) is 5.75 Å². The van der Waals surface area contributed by atoms with Crippen molar-refractivity contribution < 1.29 is 9.18 Å². The van der Waals surface area contributed by atoms with Crippen LogP contribution in [0.5, 0.6) is 0 Å². The van der Waals surface area contributed by atoms with Crippen LogP contribution in [-0.4, -0.2) is 26.4 Å². The molecule has 1 amide bonds. The number of thioether (sulfide) groups is 1. The summed E-state index contributed by atoms with van der Waals surface area (Å²) in [6.07, 6.45) is 0. The first-order chi connectivity index (χ1) is 9.11. The third kappa shape index (κ3) is 3.11. The normalized spacial score (nSPS) is 10.6. The van der Waals surface area contributed by atoms with Gasteiger partial charge in [0, 0.05) is 12.1 Å². The fourth-order valence-corrected chi connectivity index (χ4v) is 2.37. The second kappa shape index (κ2) is 5.83. The van der Waals surface area contributed by atoms with Gasteiger partial charge in [-0.25, -0.2) is 4.39 Å². The summed E-state index contributed by atoms with van der Waals surface area (Å²) in [6.45, 7) is 2.60. The Hall–Kier alpha value is -1.89. The fraction of sp³-hybridized carbons (Fsp3) is 0.250. The molecule has 0 radical (unpaired) electrons. The number of halogens is 1. The first-order valence-electron chi connectivity index (χ1n) is 5.72. The van der Waals surface area contributed by atoms with Crippen LogP contribution in [0.3, 0.4) is 0 Å². The van der Waals surface area contributed by atoms with Gasteiger partial charge in [0.1, 0.15) is 5.82 Å². The van der Waals surface area contributed by atoms with E-state index in [-0.39, 0.29) is 11.6 Å². The fourth-order valence-electron chi connectivity index (χ4n) is 1.63. The van der Waals surface area contributed by atoms with Crippen LogP contribution in [-0.2, 0) is 11.3 Å².